The lowest BCUT2D eigenvalue weighted by molar-refractivity contribution is -0.120. The van der Waals surface area contributed by atoms with Crippen LogP contribution in [0.3, 0.4) is 0 Å². The Morgan fingerprint density at radius 1 is 1.16 bits per heavy atom. The Labute approximate surface area is 189 Å². The first kappa shape index (κ1) is 21.4. The summed E-state index contributed by atoms with van der Waals surface area (Å²) in [5, 5.41) is 11.7. The summed E-state index contributed by atoms with van der Waals surface area (Å²) in [5.41, 5.74) is 2.29. The quantitative estimate of drug-likeness (QED) is 0.767. The van der Waals surface area contributed by atoms with E-state index >= 15 is 0 Å². The fourth-order valence-corrected chi connectivity index (χ4v) is 5.51. The lowest BCUT2D eigenvalue weighted by Gasteiger charge is -2.43. The van der Waals surface area contributed by atoms with Crippen molar-refractivity contribution < 1.29 is 9.59 Å². The molecule has 5 rings (SSSR count). The number of fused-ring (bicyclic) bond motifs is 1. The molecule has 8 nitrogen and oxygen atoms in total. The van der Waals surface area contributed by atoms with Crippen LogP contribution < -0.4 is 15.5 Å². The van der Waals surface area contributed by atoms with Gasteiger partial charge in [0.1, 0.15) is 0 Å². The summed E-state index contributed by atoms with van der Waals surface area (Å²) in [7, 11) is 0. The molecule has 1 aromatic heterocycles. The predicted octanol–water partition coefficient (Wildman–Crippen LogP) is 2.76. The molecule has 1 unspecified atom stereocenters. The van der Waals surface area contributed by atoms with E-state index < -0.39 is 0 Å². The van der Waals surface area contributed by atoms with Crippen molar-refractivity contribution in [3.63, 3.8) is 0 Å². The molecule has 2 N–H and O–H groups in total. The second-order valence-electron chi connectivity index (χ2n) is 10.2. The van der Waals surface area contributed by atoms with Crippen molar-refractivity contribution in [3.8, 4) is 0 Å². The minimum atomic E-state index is -0.352. The Balaban J connectivity index is 1.28. The van der Waals surface area contributed by atoms with Gasteiger partial charge in [0.05, 0.1) is 23.4 Å². The first-order valence-electron chi connectivity index (χ1n) is 11.9. The molecule has 3 fully saturated rings. The van der Waals surface area contributed by atoms with Crippen molar-refractivity contribution in [1.29, 1.82) is 0 Å². The van der Waals surface area contributed by atoms with E-state index in [0.29, 0.717) is 30.3 Å². The van der Waals surface area contributed by atoms with E-state index in [4.69, 9.17) is 5.10 Å². The largest absolute Gasteiger partial charge is 0.328 e. The van der Waals surface area contributed by atoms with E-state index in [-0.39, 0.29) is 11.9 Å². The third kappa shape index (κ3) is 4.01. The maximum absolute atomic E-state index is 12.4. The first-order valence-corrected chi connectivity index (χ1v) is 11.9. The molecule has 2 aromatic rings. The summed E-state index contributed by atoms with van der Waals surface area (Å²) in [5.74, 6) is 0.483. The maximum atomic E-state index is 12.4. The molecule has 0 radical (unpaired) electrons. The Bertz CT molecular complexity index is 1010. The lowest BCUT2D eigenvalue weighted by atomic mass is 9.73. The van der Waals surface area contributed by atoms with Crippen molar-refractivity contribution >= 4 is 28.5 Å². The number of benzene rings is 1. The van der Waals surface area contributed by atoms with Crippen LogP contribution in [0.5, 0.6) is 0 Å². The lowest BCUT2D eigenvalue weighted by Crippen LogP contribution is -2.49. The number of aromatic nitrogens is 2. The fourth-order valence-electron chi connectivity index (χ4n) is 5.51. The van der Waals surface area contributed by atoms with Crippen LogP contribution in [0.2, 0.25) is 0 Å². The Morgan fingerprint density at radius 2 is 1.97 bits per heavy atom. The van der Waals surface area contributed by atoms with Crippen LogP contribution in [0.15, 0.2) is 24.4 Å². The Kier molecular flexibility index (Phi) is 5.67. The van der Waals surface area contributed by atoms with Crippen LogP contribution in [0.1, 0.15) is 45.6 Å². The third-order valence-electron chi connectivity index (χ3n) is 7.79. The van der Waals surface area contributed by atoms with Gasteiger partial charge in [-0.25, -0.2) is 4.79 Å². The molecule has 172 valence electrons. The van der Waals surface area contributed by atoms with Gasteiger partial charge in [-0.1, -0.05) is 19.9 Å². The highest BCUT2D eigenvalue weighted by molar-refractivity contribution is 6.09. The molecule has 4 heterocycles. The van der Waals surface area contributed by atoms with Crippen LogP contribution in [-0.2, 0) is 4.79 Å². The fraction of sp³-hybridized carbons (Fsp3) is 0.625. The second-order valence-corrected chi connectivity index (χ2v) is 10.2. The highest BCUT2D eigenvalue weighted by Crippen LogP contribution is 2.35. The highest BCUT2D eigenvalue weighted by Gasteiger charge is 2.34. The van der Waals surface area contributed by atoms with Gasteiger partial charge in [0.15, 0.2) is 0 Å². The number of nitrogens with one attached hydrogen (secondary N) is 2. The molecular formula is C24H34N6O2. The molecule has 1 aromatic carbocycles. The van der Waals surface area contributed by atoms with Gasteiger partial charge in [0.25, 0.3) is 0 Å². The number of nitrogens with zero attached hydrogens (tertiary/aromatic N) is 4. The van der Waals surface area contributed by atoms with E-state index in [2.05, 4.69) is 40.1 Å². The van der Waals surface area contributed by atoms with Crippen LogP contribution in [0.4, 0.5) is 10.5 Å². The smallest absolute Gasteiger partial charge is 0.316 e. The van der Waals surface area contributed by atoms with Gasteiger partial charge < -0.3 is 10.2 Å². The third-order valence-corrected chi connectivity index (χ3v) is 7.79. The normalized spacial score (nSPS) is 25.3. The van der Waals surface area contributed by atoms with Gasteiger partial charge in [-0.3, -0.25) is 19.7 Å². The van der Waals surface area contributed by atoms with Gasteiger partial charge in [-0.2, -0.15) is 5.10 Å². The minimum absolute atomic E-state index is 0.215. The number of urea groups is 1. The first-order chi connectivity index (χ1) is 15.4. The number of piperidine rings is 2. The average molecular weight is 439 g/mol. The number of carbonyl (C=O) groups is 2. The predicted molar refractivity (Wildman–Crippen MR) is 125 cm³/mol. The number of amides is 3. The maximum Gasteiger partial charge on any atom is 0.328 e. The van der Waals surface area contributed by atoms with Gasteiger partial charge in [-0.05, 0) is 55.8 Å². The molecule has 32 heavy (non-hydrogen) atoms. The monoisotopic (exact) mass is 438 g/mol. The molecule has 3 amide bonds. The number of likely N-dealkylation sites (tertiary alicyclic amines) is 1. The summed E-state index contributed by atoms with van der Waals surface area (Å²) in [4.78, 5) is 28.2. The Hall–Kier alpha value is -2.45. The van der Waals surface area contributed by atoms with Crippen LogP contribution in [0, 0.1) is 11.3 Å². The minimum Gasteiger partial charge on any atom is -0.316 e. The van der Waals surface area contributed by atoms with E-state index in [1.54, 1.807) is 4.90 Å². The summed E-state index contributed by atoms with van der Waals surface area (Å²) in [6, 6.07) is 6.02. The van der Waals surface area contributed by atoms with Crippen molar-refractivity contribution in [2.75, 3.05) is 44.2 Å². The molecule has 0 saturated carbocycles. The molecule has 1 atom stereocenters. The van der Waals surface area contributed by atoms with Crippen molar-refractivity contribution in [2.24, 2.45) is 11.3 Å². The van der Waals surface area contributed by atoms with E-state index in [1.807, 2.05) is 18.3 Å². The van der Waals surface area contributed by atoms with Crippen molar-refractivity contribution in [3.05, 3.63) is 24.4 Å². The number of rotatable bonds is 4. The summed E-state index contributed by atoms with van der Waals surface area (Å²) < 4.78 is 2.15. The molecule has 0 spiro atoms. The Morgan fingerprint density at radius 3 is 2.72 bits per heavy atom. The zero-order valence-electron chi connectivity index (χ0n) is 19.1. The van der Waals surface area contributed by atoms with E-state index in [0.717, 1.165) is 55.6 Å². The summed E-state index contributed by atoms with van der Waals surface area (Å²) >= 11 is 0. The number of anilines is 1. The number of hydrogen-bond donors (Lipinski definition) is 2. The molecule has 0 bridgehead atoms. The topological polar surface area (TPSA) is 82.5 Å². The van der Waals surface area contributed by atoms with E-state index in [1.165, 1.54) is 13.0 Å². The number of carbonyl (C=O) groups excluding carboxylic acids is 2. The summed E-state index contributed by atoms with van der Waals surface area (Å²) in [6.07, 6.45) is 5.61. The number of hydrogen-bond acceptors (Lipinski definition) is 5. The van der Waals surface area contributed by atoms with Crippen LogP contribution in [0.25, 0.3) is 10.9 Å². The molecule has 3 aliphatic rings. The van der Waals surface area contributed by atoms with Crippen LogP contribution >= 0.6 is 0 Å². The second kappa shape index (κ2) is 8.48. The van der Waals surface area contributed by atoms with Crippen molar-refractivity contribution in [1.82, 2.24) is 25.3 Å². The molecule has 0 aliphatic carbocycles. The zero-order valence-corrected chi connectivity index (χ0v) is 19.1. The van der Waals surface area contributed by atoms with Crippen molar-refractivity contribution in [2.45, 2.75) is 45.6 Å². The van der Waals surface area contributed by atoms with Gasteiger partial charge in [0, 0.05) is 38.0 Å². The van der Waals surface area contributed by atoms with E-state index in [9.17, 15) is 9.59 Å². The average Bonchev–Trinajstić information content (AvgIpc) is 3.20. The zero-order chi connectivity index (χ0) is 22.3. The van der Waals surface area contributed by atoms with Gasteiger partial charge in [-0.15, -0.1) is 0 Å². The highest BCUT2D eigenvalue weighted by atomic mass is 16.2. The van der Waals surface area contributed by atoms with Crippen LogP contribution in [-0.4, -0.2) is 65.9 Å². The summed E-state index contributed by atoms with van der Waals surface area (Å²) in [6.45, 7) is 10.8. The molecular weight excluding hydrogens is 404 g/mol. The SMILES string of the molecule is CC1(C)CCNCC1CN1CCC(n2ncc3c(N4CCC(=O)NC4=O)cccc32)CC1. The van der Waals surface area contributed by atoms with Gasteiger partial charge in [0.2, 0.25) is 5.91 Å². The number of imide groups is 1. The molecule has 3 aliphatic heterocycles. The molecule has 3 saturated heterocycles. The molecule has 8 heteroatoms. The van der Waals surface area contributed by atoms with Gasteiger partial charge >= 0.3 is 6.03 Å². The standard InChI is InChI=1S/C24H34N6O2/c1-24(2)9-10-25-14-17(24)16-28-11-6-18(7-12-28)30-21-5-3-4-20(19(21)15-26-30)29-13-8-22(31)27-23(29)32/h3-5,15,17-18,25H,6-14,16H2,1-2H3,(H,27,31,32).